The zero-order valence-corrected chi connectivity index (χ0v) is 16.1. The van der Waals surface area contributed by atoms with Gasteiger partial charge in [-0.15, -0.1) is 11.8 Å². The van der Waals surface area contributed by atoms with Crippen LogP contribution in [0.15, 0.2) is 41.3 Å². The number of aryl methyl sites for hydroxylation is 1. The van der Waals surface area contributed by atoms with E-state index in [4.69, 9.17) is 22.1 Å². The zero-order chi connectivity index (χ0) is 17.8. The van der Waals surface area contributed by atoms with Gasteiger partial charge in [0.2, 0.25) is 0 Å². The van der Waals surface area contributed by atoms with E-state index in [0.29, 0.717) is 6.54 Å². The molecular weight excluding hydrogens is 352 g/mol. The van der Waals surface area contributed by atoms with Crippen LogP contribution in [-0.2, 0) is 6.42 Å². The first kappa shape index (κ1) is 18.2. The number of rotatable bonds is 7. The molecule has 25 heavy (non-hydrogen) atoms. The van der Waals surface area contributed by atoms with Crippen molar-refractivity contribution < 1.29 is 4.74 Å². The summed E-state index contributed by atoms with van der Waals surface area (Å²) in [5, 5.41) is 1.92. The van der Waals surface area contributed by atoms with Crippen LogP contribution in [0.3, 0.4) is 0 Å². The van der Waals surface area contributed by atoms with Gasteiger partial charge < -0.3 is 15.5 Å². The number of hydrogen-bond donors (Lipinski definition) is 2. The lowest BCUT2D eigenvalue weighted by Gasteiger charge is -2.11. The number of H-pyrrole nitrogens is 1. The number of aromatic amines is 1. The standard InChI is InChI=1S/C20H23ClN2OS/c1-24-18-10-9-13(25-2)12-16(18)19-14(6-3-4-11-22)15-7-5-8-17(21)20(15)23-19/h5,7-10,12,23H,3-4,6,11,22H2,1-2H3. The van der Waals surface area contributed by atoms with Gasteiger partial charge in [0.25, 0.3) is 0 Å². The van der Waals surface area contributed by atoms with Crippen LogP contribution in [0.4, 0.5) is 0 Å². The van der Waals surface area contributed by atoms with E-state index in [1.54, 1.807) is 18.9 Å². The van der Waals surface area contributed by atoms with Gasteiger partial charge in [0.05, 0.1) is 23.3 Å². The summed E-state index contributed by atoms with van der Waals surface area (Å²) < 4.78 is 5.62. The highest BCUT2D eigenvalue weighted by atomic mass is 35.5. The summed E-state index contributed by atoms with van der Waals surface area (Å²) in [5.41, 5.74) is 10.1. The van der Waals surface area contributed by atoms with Crippen molar-refractivity contribution in [1.29, 1.82) is 0 Å². The largest absolute Gasteiger partial charge is 0.496 e. The van der Waals surface area contributed by atoms with Gasteiger partial charge in [-0.3, -0.25) is 0 Å². The number of unbranched alkanes of at least 4 members (excludes halogenated alkanes) is 1. The molecule has 0 unspecified atom stereocenters. The molecule has 0 radical (unpaired) electrons. The van der Waals surface area contributed by atoms with E-state index in [2.05, 4.69) is 29.4 Å². The summed E-state index contributed by atoms with van der Waals surface area (Å²) in [6, 6.07) is 12.3. The Balaban J connectivity index is 2.21. The lowest BCUT2D eigenvalue weighted by Crippen LogP contribution is -1.99. The highest BCUT2D eigenvalue weighted by Crippen LogP contribution is 2.39. The number of nitrogens with two attached hydrogens (primary N) is 1. The Bertz CT molecular complexity index is 876. The highest BCUT2D eigenvalue weighted by Gasteiger charge is 2.18. The smallest absolute Gasteiger partial charge is 0.128 e. The second-order valence-corrected chi connectivity index (χ2v) is 7.24. The van der Waals surface area contributed by atoms with E-state index in [0.717, 1.165) is 46.8 Å². The van der Waals surface area contributed by atoms with Crippen molar-refractivity contribution in [3.05, 3.63) is 47.0 Å². The second kappa shape index (κ2) is 8.17. The Morgan fingerprint density at radius 2 is 2.04 bits per heavy atom. The topological polar surface area (TPSA) is 51.0 Å². The number of thioether (sulfide) groups is 1. The first-order valence-electron chi connectivity index (χ1n) is 8.41. The Morgan fingerprint density at radius 1 is 1.20 bits per heavy atom. The van der Waals surface area contributed by atoms with E-state index >= 15 is 0 Å². The molecule has 132 valence electrons. The summed E-state index contributed by atoms with van der Waals surface area (Å²) in [7, 11) is 1.71. The molecule has 0 aliphatic carbocycles. The van der Waals surface area contributed by atoms with Crippen molar-refractivity contribution in [3.63, 3.8) is 0 Å². The monoisotopic (exact) mass is 374 g/mol. The van der Waals surface area contributed by atoms with Crippen LogP contribution in [0, 0.1) is 0 Å². The van der Waals surface area contributed by atoms with Crippen molar-refractivity contribution in [2.24, 2.45) is 5.73 Å². The van der Waals surface area contributed by atoms with Gasteiger partial charge >= 0.3 is 0 Å². The number of nitrogens with one attached hydrogen (secondary N) is 1. The van der Waals surface area contributed by atoms with Crippen molar-refractivity contribution in [1.82, 2.24) is 4.98 Å². The molecule has 0 bridgehead atoms. The lowest BCUT2D eigenvalue weighted by molar-refractivity contribution is 0.416. The molecule has 3 nitrogen and oxygen atoms in total. The third-order valence-corrected chi connectivity index (χ3v) is 5.49. The Kier molecular flexibility index (Phi) is 5.94. The van der Waals surface area contributed by atoms with Gasteiger partial charge in [-0.2, -0.15) is 0 Å². The zero-order valence-electron chi connectivity index (χ0n) is 14.6. The van der Waals surface area contributed by atoms with Crippen LogP contribution >= 0.6 is 23.4 Å². The van der Waals surface area contributed by atoms with Crippen molar-refractivity contribution in [2.75, 3.05) is 19.9 Å². The third kappa shape index (κ3) is 3.66. The van der Waals surface area contributed by atoms with Gasteiger partial charge in [-0.25, -0.2) is 0 Å². The maximum atomic E-state index is 6.44. The van der Waals surface area contributed by atoms with Gasteiger partial charge in [-0.1, -0.05) is 23.7 Å². The molecule has 0 aliphatic rings. The number of para-hydroxylation sites is 1. The molecule has 0 atom stereocenters. The molecule has 0 aliphatic heterocycles. The number of methoxy groups -OCH3 is 1. The van der Waals surface area contributed by atoms with E-state index < -0.39 is 0 Å². The molecule has 0 saturated heterocycles. The molecule has 1 aromatic heterocycles. The van der Waals surface area contributed by atoms with Crippen LogP contribution in [0.5, 0.6) is 5.75 Å². The van der Waals surface area contributed by atoms with Crippen molar-refractivity contribution in [2.45, 2.75) is 24.2 Å². The molecule has 0 amide bonds. The van der Waals surface area contributed by atoms with Crippen LogP contribution in [0.1, 0.15) is 18.4 Å². The van der Waals surface area contributed by atoms with Gasteiger partial charge in [0, 0.05) is 15.8 Å². The van der Waals surface area contributed by atoms with Gasteiger partial charge in [0.1, 0.15) is 5.75 Å². The van der Waals surface area contributed by atoms with Gasteiger partial charge in [-0.05, 0) is 61.9 Å². The van der Waals surface area contributed by atoms with Crippen LogP contribution in [0.2, 0.25) is 5.02 Å². The maximum absolute atomic E-state index is 6.44. The van der Waals surface area contributed by atoms with Gasteiger partial charge in [0.15, 0.2) is 0 Å². The molecule has 2 aromatic carbocycles. The summed E-state index contributed by atoms with van der Waals surface area (Å²) in [4.78, 5) is 4.75. The number of halogens is 1. The number of ether oxygens (including phenoxy) is 1. The quantitative estimate of drug-likeness (QED) is 0.424. The average molecular weight is 375 g/mol. The van der Waals surface area contributed by atoms with Crippen LogP contribution in [-0.4, -0.2) is 24.9 Å². The molecular formula is C20H23ClN2OS. The fourth-order valence-electron chi connectivity index (χ4n) is 3.18. The first-order chi connectivity index (χ1) is 12.2. The minimum Gasteiger partial charge on any atom is -0.496 e. The van der Waals surface area contributed by atoms with Crippen molar-refractivity contribution in [3.8, 4) is 17.0 Å². The summed E-state index contributed by atoms with van der Waals surface area (Å²) in [6.07, 6.45) is 5.09. The molecule has 5 heteroatoms. The molecule has 3 rings (SSSR count). The van der Waals surface area contributed by atoms with Crippen molar-refractivity contribution >= 4 is 34.3 Å². The summed E-state index contributed by atoms with van der Waals surface area (Å²) in [6.45, 7) is 0.712. The Hall–Kier alpha value is -1.62. The number of aromatic nitrogens is 1. The molecule has 3 N–H and O–H groups in total. The van der Waals surface area contributed by atoms with E-state index in [1.165, 1.54) is 15.8 Å². The maximum Gasteiger partial charge on any atom is 0.128 e. The minimum atomic E-state index is 0.712. The lowest BCUT2D eigenvalue weighted by atomic mass is 9.99. The summed E-state index contributed by atoms with van der Waals surface area (Å²) in [5.74, 6) is 0.862. The fourth-order valence-corrected chi connectivity index (χ4v) is 3.84. The van der Waals surface area contributed by atoms with E-state index in [1.807, 2.05) is 18.2 Å². The van der Waals surface area contributed by atoms with Crippen LogP contribution < -0.4 is 10.5 Å². The number of hydrogen-bond acceptors (Lipinski definition) is 3. The molecule has 3 aromatic rings. The van der Waals surface area contributed by atoms with E-state index in [-0.39, 0.29) is 0 Å². The third-order valence-electron chi connectivity index (χ3n) is 4.45. The predicted molar refractivity (Wildman–Crippen MR) is 109 cm³/mol. The Labute approximate surface area is 157 Å². The molecule has 0 spiro atoms. The SMILES string of the molecule is COc1ccc(SC)cc1-c1[nH]c2c(Cl)cccc2c1CCCCN. The molecule has 0 fully saturated rings. The normalized spacial score (nSPS) is 11.2. The molecule has 1 heterocycles. The average Bonchev–Trinajstić information content (AvgIpc) is 3.01. The minimum absolute atomic E-state index is 0.712. The Morgan fingerprint density at radius 3 is 2.76 bits per heavy atom. The second-order valence-electron chi connectivity index (χ2n) is 5.95. The van der Waals surface area contributed by atoms with E-state index in [9.17, 15) is 0 Å². The summed E-state index contributed by atoms with van der Waals surface area (Å²) >= 11 is 8.16. The highest BCUT2D eigenvalue weighted by molar-refractivity contribution is 7.98. The van der Waals surface area contributed by atoms with Crippen LogP contribution in [0.25, 0.3) is 22.2 Å². The predicted octanol–water partition coefficient (Wildman–Crippen LogP) is 5.50. The number of fused-ring (bicyclic) bond motifs is 1. The first-order valence-corrected chi connectivity index (χ1v) is 10.0. The number of benzene rings is 2. The fraction of sp³-hybridized carbons (Fsp3) is 0.300. The molecule has 0 saturated carbocycles.